The normalized spacial score (nSPS) is 20.9. The van der Waals surface area contributed by atoms with Crippen molar-refractivity contribution in [2.45, 2.75) is 45.1 Å². The lowest BCUT2D eigenvalue weighted by Crippen LogP contribution is -2.59. The number of carbonyl (C=O) groups is 1. The van der Waals surface area contributed by atoms with Crippen molar-refractivity contribution in [3.05, 3.63) is 65.9 Å². The maximum absolute atomic E-state index is 13.2. The van der Waals surface area contributed by atoms with E-state index in [1.807, 2.05) is 17.2 Å². The van der Waals surface area contributed by atoms with E-state index in [-0.39, 0.29) is 18.0 Å². The van der Waals surface area contributed by atoms with Gasteiger partial charge in [0.05, 0.1) is 29.7 Å². The molecule has 2 atom stereocenters. The molecule has 2 aliphatic heterocycles. The molecule has 0 spiro atoms. The van der Waals surface area contributed by atoms with Crippen molar-refractivity contribution in [2.75, 3.05) is 31.1 Å². The van der Waals surface area contributed by atoms with Crippen molar-refractivity contribution in [1.82, 2.24) is 29.5 Å². The predicted octanol–water partition coefficient (Wildman–Crippen LogP) is 3.17. The van der Waals surface area contributed by atoms with Crippen LogP contribution in [0, 0.1) is 0 Å². The minimum Gasteiger partial charge on any atom is -0.367 e. The third kappa shape index (κ3) is 4.92. The highest BCUT2D eigenvalue weighted by Gasteiger charge is 2.33. The largest absolute Gasteiger partial charge is 0.417 e. The number of fused-ring (bicyclic) bond motifs is 1. The number of nitrogens with zero attached hydrogens (tertiary/aromatic N) is 7. The number of carbonyl (C=O) groups excluding carboxylic acids is 1. The number of amides is 1. The number of rotatable bonds is 4. The van der Waals surface area contributed by atoms with Gasteiger partial charge in [-0.3, -0.25) is 14.7 Å². The fraction of sp³-hybridized carbons (Fsp3) is 0.440. The Labute approximate surface area is 207 Å². The highest BCUT2D eigenvalue weighted by atomic mass is 19.4. The van der Waals surface area contributed by atoms with Crippen molar-refractivity contribution in [3.8, 4) is 5.82 Å². The molecule has 0 aliphatic carbocycles. The molecular weight excluding hydrogens is 471 g/mol. The predicted molar refractivity (Wildman–Crippen MR) is 128 cm³/mol. The fourth-order valence-electron chi connectivity index (χ4n) is 5.01. The minimum absolute atomic E-state index is 0.0644. The van der Waals surface area contributed by atoms with E-state index >= 15 is 0 Å². The smallest absolute Gasteiger partial charge is 0.367 e. The molecule has 0 N–H and O–H groups in total. The van der Waals surface area contributed by atoms with Crippen LogP contribution in [0.15, 0.2) is 49.1 Å². The monoisotopic (exact) mass is 499 g/mol. The second-order valence-corrected chi connectivity index (χ2v) is 9.50. The Hall–Kier alpha value is -3.47. The van der Waals surface area contributed by atoms with Crippen LogP contribution in [0.1, 0.15) is 30.7 Å². The molecular formula is C25H28F3N7O. The van der Waals surface area contributed by atoms with Gasteiger partial charge in [-0.1, -0.05) is 0 Å². The van der Waals surface area contributed by atoms with Crippen LogP contribution in [0.3, 0.4) is 0 Å². The molecule has 0 radical (unpaired) electrons. The molecule has 3 aromatic heterocycles. The Morgan fingerprint density at radius 2 is 1.89 bits per heavy atom. The lowest BCUT2D eigenvalue weighted by Gasteiger charge is -2.45. The average molecular weight is 500 g/mol. The van der Waals surface area contributed by atoms with Gasteiger partial charge < -0.3 is 9.80 Å². The van der Waals surface area contributed by atoms with E-state index in [0.717, 1.165) is 42.3 Å². The first-order valence-corrected chi connectivity index (χ1v) is 12.0. The first-order chi connectivity index (χ1) is 17.2. The Morgan fingerprint density at radius 1 is 1.11 bits per heavy atom. The molecule has 1 amide bonds. The lowest BCUT2D eigenvalue weighted by atomic mass is 10.1. The van der Waals surface area contributed by atoms with Crippen LogP contribution in [0.5, 0.6) is 0 Å². The standard InChI is InChI=1S/C25H28F3N7O/c1-17-12-33(21-4-3-8-29-11-21)13-18(2)34(17)16-24(36)32-9-7-22-19(14-32)15-35(31-22)23-6-5-20(10-30-23)25(26,27)28/h3-6,8,10-11,15,17-18H,7,9,12-14,16H2,1-2H3. The van der Waals surface area contributed by atoms with Crippen LogP contribution >= 0.6 is 0 Å². The Morgan fingerprint density at radius 3 is 2.53 bits per heavy atom. The van der Waals surface area contributed by atoms with Crippen molar-refractivity contribution in [1.29, 1.82) is 0 Å². The maximum atomic E-state index is 13.2. The van der Waals surface area contributed by atoms with Crippen molar-refractivity contribution < 1.29 is 18.0 Å². The molecule has 1 saturated heterocycles. The molecule has 5 heterocycles. The van der Waals surface area contributed by atoms with Crippen LogP contribution < -0.4 is 4.90 Å². The zero-order chi connectivity index (χ0) is 25.4. The number of pyridine rings is 2. The van der Waals surface area contributed by atoms with Crippen LogP contribution in [0.25, 0.3) is 5.82 Å². The summed E-state index contributed by atoms with van der Waals surface area (Å²) in [5.74, 6) is 0.374. The van der Waals surface area contributed by atoms with Crippen LogP contribution in [0.4, 0.5) is 18.9 Å². The highest BCUT2D eigenvalue weighted by Crippen LogP contribution is 2.29. The molecule has 1 fully saturated rings. The van der Waals surface area contributed by atoms with E-state index in [4.69, 9.17) is 0 Å². The molecule has 2 aliphatic rings. The van der Waals surface area contributed by atoms with Gasteiger partial charge in [-0.05, 0) is 38.1 Å². The summed E-state index contributed by atoms with van der Waals surface area (Å²) < 4.78 is 40.0. The third-order valence-corrected chi connectivity index (χ3v) is 6.95. The van der Waals surface area contributed by atoms with Crippen LogP contribution in [-0.4, -0.2) is 73.7 Å². The van der Waals surface area contributed by atoms with Gasteiger partial charge in [0.2, 0.25) is 5.91 Å². The molecule has 11 heteroatoms. The summed E-state index contributed by atoms with van der Waals surface area (Å²) in [5.41, 5.74) is 2.02. The summed E-state index contributed by atoms with van der Waals surface area (Å²) in [5, 5.41) is 4.50. The van der Waals surface area contributed by atoms with E-state index in [2.05, 4.69) is 44.8 Å². The summed E-state index contributed by atoms with van der Waals surface area (Å²) >= 11 is 0. The van der Waals surface area contributed by atoms with E-state index in [0.29, 0.717) is 31.9 Å². The second-order valence-electron chi connectivity index (χ2n) is 9.50. The van der Waals surface area contributed by atoms with Gasteiger partial charge in [0, 0.05) is 68.8 Å². The molecule has 36 heavy (non-hydrogen) atoms. The first kappa shape index (κ1) is 24.2. The summed E-state index contributed by atoms with van der Waals surface area (Å²) in [4.78, 5) is 27.8. The summed E-state index contributed by atoms with van der Waals surface area (Å²) in [7, 11) is 0. The zero-order valence-corrected chi connectivity index (χ0v) is 20.2. The fourth-order valence-corrected chi connectivity index (χ4v) is 5.01. The van der Waals surface area contributed by atoms with Crippen molar-refractivity contribution in [3.63, 3.8) is 0 Å². The molecule has 3 aromatic rings. The summed E-state index contributed by atoms with van der Waals surface area (Å²) in [6.07, 6.45) is 2.35. The van der Waals surface area contributed by atoms with Crippen molar-refractivity contribution in [2.24, 2.45) is 0 Å². The van der Waals surface area contributed by atoms with Gasteiger partial charge in [0.1, 0.15) is 0 Å². The Kier molecular flexibility index (Phi) is 6.42. The minimum atomic E-state index is -4.43. The van der Waals surface area contributed by atoms with Gasteiger partial charge in [-0.15, -0.1) is 0 Å². The number of anilines is 1. The number of halogens is 3. The SMILES string of the molecule is CC1CN(c2cccnc2)CC(C)N1CC(=O)N1CCc2nn(-c3ccc(C(F)(F)F)cn3)cc2C1. The molecule has 2 unspecified atom stereocenters. The van der Waals surface area contributed by atoms with Gasteiger partial charge in [-0.2, -0.15) is 18.3 Å². The molecule has 5 rings (SSSR count). The van der Waals surface area contributed by atoms with Crippen LogP contribution in [-0.2, 0) is 23.9 Å². The van der Waals surface area contributed by atoms with Gasteiger partial charge in [0.25, 0.3) is 0 Å². The highest BCUT2D eigenvalue weighted by molar-refractivity contribution is 5.78. The molecule has 0 bridgehead atoms. The quantitative estimate of drug-likeness (QED) is 0.549. The van der Waals surface area contributed by atoms with E-state index in [9.17, 15) is 18.0 Å². The van der Waals surface area contributed by atoms with E-state index in [1.165, 1.54) is 10.7 Å². The number of hydrogen-bond acceptors (Lipinski definition) is 6. The third-order valence-electron chi connectivity index (χ3n) is 6.95. The number of aromatic nitrogens is 4. The topological polar surface area (TPSA) is 70.4 Å². The molecule has 190 valence electrons. The number of alkyl halides is 3. The molecule has 0 aromatic carbocycles. The van der Waals surface area contributed by atoms with Crippen molar-refractivity contribution >= 4 is 11.6 Å². The van der Waals surface area contributed by atoms with Gasteiger partial charge >= 0.3 is 6.18 Å². The van der Waals surface area contributed by atoms with Gasteiger partial charge in [0.15, 0.2) is 5.82 Å². The Balaban J connectivity index is 1.22. The molecule has 8 nitrogen and oxygen atoms in total. The Bertz CT molecular complexity index is 1200. The zero-order valence-electron chi connectivity index (χ0n) is 20.2. The van der Waals surface area contributed by atoms with E-state index < -0.39 is 11.7 Å². The lowest BCUT2D eigenvalue weighted by molar-refractivity contribution is -0.138. The number of piperazine rings is 1. The van der Waals surface area contributed by atoms with Crippen LogP contribution in [0.2, 0.25) is 0 Å². The second kappa shape index (κ2) is 9.53. The first-order valence-electron chi connectivity index (χ1n) is 12.0. The summed E-state index contributed by atoms with van der Waals surface area (Å²) in [6, 6.07) is 6.69. The molecule has 0 saturated carbocycles. The summed E-state index contributed by atoms with van der Waals surface area (Å²) in [6.45, 7) is 7.24. The average Bonchev–Trinajstić information content (AvgIpc) is 3.29. The van der Waals surface area contributed by atoms with E-state index in [1.54, 1.807) is 12.4 Å². The number of hydrogen-bond donors (Lipinski definition) is 0. The maximum Gasteiger partial charge on any atom is 0.417 e. The van der Waals surface area contributed by atoms with Gasteiger partial charge in [-0.25, -0.2) is 9.67 Å².